The van der Waals surface area contributed by atoms with Gasteiger partial charge in [-0.3, -0.25) is 9.59 Å². The largest absolute Gasteiger partial charge is 0.333 e. The van der Waals surface area contributed by atoms with E-state index in [4.69, 9.17) is 11.8 Å². The van der Waals surface area contributed by atoms with E-state index in [1.165, 1.54) is 14.1 Å². The van der Waals surface area contributed by atoms with Crippen molar-refractivity contribution in [2.45, 2.75) is 0 Å². The quantitative estimate of drug-likeness (QED) is 0.304. The van der Waals surface area contributed by atoms with Crippen LogP contribution < -0.4 is 0 Å². The summed E-state index contributed by atoms with van der Waals surface area (Å²) in [5.74, 6) is -1.14. The highest BCUT2D eigenvalue weighted by atomic mass is 16.2. The van der Waals surface area contributed by atoms with E-state index in [9.17, 15) is 9.59 Å². The Balaban J connectivity index is 4.57. The van der Waals surface area contributed by atoms with E-state index in [1.54, 1.807) is 6.07 Å². The van der Waals surface area contributed by atoms with Crippen LogP contribution in [-0.2, 0) is 9.59 Å². The van der Waals surface area contributed by atoms with E-state index in [0.29, 0.717) is 0 Å². The number of amides is 2. The minimum atomic E-state index is -0.569. The zero-order chi connectivity index (χ0) is 13.6. The number of rotatable bonds is 4. The van der Waals surface area contributed by atoms with Crippen LogP contribution in [0.25, 0.3) is 4.85 Å². The first-order valence-corrected chi connectivity index (χ1v) is 4.51. The maximum Gasteiger partial charge on any atom is 0.265 e. The second-order valence-electron chi connectivity index (χ2n) is 3.30. The highest BCUT2D eigenvalue weighted by Crippen LogP contribution is 2.02. The van der Waals surface area contributed by atoms with E-state index in [1.807, 2.05) is 0 Å². The van der Waals surface area contributed by atoms with Gasteiger partial charge in [-0.25, -0.2) is 4.85 Å². The van der Waals surface area contributed by atoms with Gasteiger partial charge in [-0.1, -0.05) is 13.2 Å². The van der Waals surface area contributed by atoms with Gasteiger partial charge in [-0.15, -0.1) is 0 Å². The molecule has 0 unspecified atom stereocenters. The molecule has 0 saturated carbocycles. The first kappa shape index (κ1) is 14.4. The zero-order valence-corrected chi connectivity index (χ0v) is 9.73. The van der Waals surface area contributed by atoms with Gasteiger partial charge in [0.1, 0.15) is 11.6 Å². The molecule has 0 aliphatic carbocycles. The Bertz CT molecular complexity index is 411. The molecule has 0 aromatic carbocycles. The Hall–Kier alpha value is -2.60. The van der Waals surface area contributed by atoms with Crippen LogP contribution >= 0.6 is 0 Å². The van der Waals surface area contributed by atoms with Gasteiger partial charge in [-0.05, 0) is 0 Å². The Morgan fingerprint density at radius 1 is 1.29 bits per heavy atom. The number of likely N-dealkylation sites (N-methyl/N-ethyl adjacent to an activating group) is 2. The summed E-state index contributed by atoms with van der Waals surface area (Å²) in [5, 5.41) is 8.49. The molecule has 6 nitrogen and oxygen atoms in total. The first-order valence-electron chi connectivity index (χ1n) is 4.51. The molecule has 0 spiro atoms. The van der Waals surface area contributed by atoms with Gasteiger partial charge in [0.2, 0.25) is 5.70 Å². The molecule has 0 rings (SSSR count). The maximum absolute atomic E-state index is 11.5. The molecule has 0 aromatic heterocycles. The monoisotopic (exact) mass is 232 g/mol. The number of nitriles is 1. The van der Waals surface area contributed by atoms with Crippen LogP contribution in [0.4, 0.5) is 0 Å². The molecule has 0 bridgehead atoms. The fourth-order valence-electron chi connectivity index (χ4n) is 0.993. The van der Waals surface area contributed by atoms with Crippen LogP contribution in [-0.4, -0.2) is 42.4 Å². The zero-order valence-electron chi connectivity index (χ0n) is 9.73. The average Bonchev–Trinajstić information content (AvgIpc) is 2.34. The van der Waals surface area contributed by atoms with Gasteiger partial charge in [0.05, 0.1) is 13.2 Å². The molecule has 0 saturated heterocycles. The van der Waals surface area contributed by atoms with Crippen molar-refractivity contribution in [2.75, 3.05) is 20.8 Å². The summed E-state index contributed by atoms with van der Waals surface area (Å²) in [6.45, 7) is 13.1. The third kappa shape index (κ3) is 3.80. The Kier molecular flexibility index (Phi) is 5.15. The fourth-order valence-corrected chi connectivity index (χ4v) is 0.993. The van der Waals surface area contributed by atoms with E-state index in [-0.39, 0.29) is 17.9 Å². The molecular formula is C11H12N4O2. The minimum Gasteiger partial charge on any atom is -0.333 e. The predicted octanol–water partition coefficient (Wildman–Crippen LogP) is 0.373. The fraction of sp³-hybridized carbons (Fsp3) is 0.273. The third-order valence-electron chi connectivity index (χ3n) is 1.89. The highest BCUT2D eigenvalue weighted by molar-refractivity contribution is 5.97. The summed E-state index contributed by atoms with van der Waals surface area (Å²) in [6, 6.07) is 1.63. The summed E-state index contributed by atoms with van der Waals surface area (Å²) in [4.78, 5) is 28.1. The molecule has 2 amide bonds. The second kappa shape index (κ2) is 6.09. The Labute approximate surface area is 99.8 Å². The van der Waals surface area contributed by atoms with Gasteiger partial charge in [0.25, 0.3) is 11.8 Å². The third-order valence-corrected chi connectivity index (χ3v) is 1.89. The molecule has 0 aliphatic rings. The minimum absolute atomic E-state index is 0.0487. The standard InChI is InChI=1S/C11H12N4O2/c1-8(6-12)10(16)14(4)7-15(5)11(17)9(2)13-3/h1-2,7H2,4-5H3. The average molecular weight is 232 g/mol. The number of nitrogens with zero attached hydrogens (tertiary/aromatic N) is 4. The molecule has 0 radical (unpaired) electrons. The molecule has 0 heterocycles. The molecule has 0 fully saturated rings. The van der Waals surface area contributed by atoms with Gasteiger partial charge in [0.15, 0.2) is 0 Å². The van der Waals surface area contributed by atoms with E-state index in [2.05, 4.69) is 18.0 Å². The number of hydrogen-bond acceptors (Lipinski definition) is 3. The van der Waals surface area contributed by atoms with Crippen LogP contribution in [0.5, 0.6) is 0 Å². The number of carbonyl (C=O) groups excluding carboxylic acids is 2. The predicted molar refractivity (Wildman–Crippen MR) is 60.9 cm³/mol. The first-order chi connectivity index (χ1) is 7.84. The van der Waals surface area contributed by atoms with Crippen molar-refractivity contribution in [3.63, 3.8) is 0 Å². The molecule has 17 heavy (non-hydrogen) atoms. The van der Waals surface area contributed by atoms with Crippen LogP contribution in [0, 0.1) is 17.9 Å². The van der Waals surface area contributed by atoms with Gasteiger partial charge in [-0.2, -0.15) is 5.26 Å². The second-order valence-corrected chi connectivity index (χ2v) is 3.30. The molecule has 0 N–H and O–H groups in total. The normalized spacial score (nSPS) is 8.47. The molecule has 88 valence electrons. The molecule has 0 aliphatic heterocycles. The van der Waals surface area contributed by atoms with E-state index in [0.717, 1.165) is 9.80 Å². The lowest BCUT2D eigenvalue weighted by atomic mass is 10.3. The van der Waals surface area contributed by atoms with Crippen molar-refractivity contribution < 1.29 is 9.59 Å². The van der Waals surface area contributed by atoms with Gasteiger partial charge >= 0.3 is 0 Å². The number of hydrogen-bond donors (Lipinski definition) is 0. The van der Waals surface area contributed by atoms with Crippen molar-refractivity contribution in [3.8, 4) is 6.07 Å². The summed E-state index contributed by atoms with van der Waals surface area (Å²) >= 11 is 0. The SMILES string of the molecule is [C-]#[N+]C(=C)C(=O)N(C)CN(C)C(=O)C(=C)C#N. The summed E-state index contributed by atoms with van der Waals surface area (Å²) in [5.41, 5.74) is -0.440. The smallest absolute Gasteiger partial charge is 0.265 e. The van der Waals surface area contributed by atoms with Crippen LogP contribution in [0.2, 0.25) is 0 Å². The van der Waals surface area contributed by atoms with Crippen molar-refractivity contribution in [2.24, 2.45) is 0 Å². The van der Waals surface area contributed by atoms with Gasteiger partial charge in [0, 0.05) is 14.1 Å². The molecule has 6 heteroatoms. The molecule has 0 aromatic rings. The summed E-state index contributed by atoms with van der Waals surface area (Å²) in [7, 11) is 2.85. The Morgan fingerprint density at radius 3 is 2.18 bits per heavy atom. The van der Waals surface area contributed by atoms with Crippen molar-refractivity contribution >= 4 is 11.8 Å². The van der Waals surface area contributed by atoms with Crippen LogP contribution in [0.1, 0.15) is 0 Å². The van der Waals surface area contributed by atoms with Crippen LogP contribution in [0.3, 0.4) is 0 Å². The highest BCUT2D eigenvalue weighted by Gasteiger charge is 2.18. The van der Waals surface area contributed by atoms with Crippen LogP contribution in [0.15, 0.2) is 24.4 Å². The number of carbonyl (C=O) groups is 2. The lowest BCUT2D eigenvalue weighted by molar-refractivity contribution is -0.132. The van der Waals surface area contributed by atoms with Crippen molar-refractivity contribution in [1.82, 2.24) is 9.80 Å². The van der Waals surface area contributed by atoms with Gasteiger partial charge < -0.3 is 9.80 Å². The topological polar surface area (TPSA) is 68.8 Å². The maximum atomic E-state index is 11.5. The summed E-state index contributed by atoms with van der Waals surface area (Å²) < 4.78 is 0. The van der Waals surface area contributed by atoms with E-state index < -0.39 is 11.8 Å². The van der Waals surface area contributed by atoms with Crippen molar-refractivity contribution in [3.05, 3.63) is 35.8 Å². The van der Waals surface area contributed by atoms with Crippen molar-refractivity contribution in [1.29, 1.82) is 5.26 Å². The Morgan fingerprint density at radius 2 is 1.76 bits per heavy atom. The molecular weight excluding hydrogens is 220 g/mol. The summed E-state index contributed by atoms with van der Waals surface area (Å²) in [6.07, 6.45) is 0. The lowest BCUT2D eigenvalue weighted by Gasteiger charge is -2.24. The lowest BCUT2D eigenvalue weighted by Crippen LogP contribution is -2.40. The van der Waals surface area contributed by atoms with E-state index >= 15 is 0 Å². The molecule has 0 atom stereocenters.